The second kappa shape index (κ2) is 4.57. The van der Waals surface area contributed by atoms with Gasteiger partial charge in [0.2, 0.25) is 0 Å². The third kappa shape index (κ3) is 2.44. The topological polar surface area (TPSA) is 77.8 Å². The molecule has 0 amide bonds. The molecule has 1 unspecified atom stereocenters. The maximum Gasteiger partial charge on any atom is 0.308 e. The Bertz CT molecular complexity index is 249. The number of nitrogens with zero attached hydrogens (tertiary/aromatic N) is 1. The quantitative estimate of drug-likeness (QED) is 0.699. The van der Waals surface area contributed by atoms with Crippen LogP contribution < -0.4 is 0 Å². The Balaban J connectivity index is 2.73. The normalized spacial score (nSPS) is 28.9. The molecule has 0 saturated carbocycles. The number of likely N-dealkylation sites (tertiary alicyclic amines) is 1. The van der Waals surface area contributed by atoms with Gasteiger partial charge in [0.1, 0.15) is 6.67 Å². The molecule has 1 rings (SSSR count). The molecule has 15 heavy (non-hydrogen) atoms. The monoisotopic (exact) mass is 219 g/mol. The third-order valence-corrected chi connectivity index (χ3v) is 2.83. The fourth-order valence-electron chi connectivity index (χ4n) is 1.79. The number of carboxylic acid groups (broad SMARTS) is 2. The summed E-state index contributed by atoms with van der Waals surface area (Å²) in [6.07, 6.45) is 0. The van der Waals surface area contributed by atoms with E-state index in [1.165, 1.54) is 0 Å². The van der Waals surface area contributed by atoms with Gasteiger partial charge in [0, 0.05) is 19.1 Å². The van der Waals surface area contributed by atoms with Crippen LogP contribution in [-0.4, -0.2) is 52.9 Å². The first-order chi connectivity index (χ1) is 6.97. The van der Waals surface area contributed by atoms with Crippen molar-refractivity contribution >= 4 is 11.9 Å². The third-order valence-electron chi connectivity index (χ3n) is 2.83. The van der Waals surface area contributed by atoms with E-state index in [1.807, 2.05) is 0 Å². The summed E-state index contributed by atoms with van der Waals surface area (Å²) >= 11 is 0. The van der Waals surface area contributed by atoms with Crippen LogP contribution in [0.3, 0.4) is 0 Å². The van der Waals surface area contributed by atoms with Gasteiger partial charge < -0.3 is 10.2 Å². The van der Waals surface area contributed by atoms with Crippen molar-refractivity contribution in [2.75, 3.05) is 19.8 Å². The summed E-state index contributed by atoms with van der Waals surface area (Å²) in [5, 5.41) is 17.6. The van der Waals surface area contributed by atoms with Crippen LogP contribution in [0.1, 0.15) is 6.92 Å². The molecule has 0 aromatic rings. The Labute approximate surface area is 86.5 Å². The van der Waals surface area contributed by atoms with Crippen LogP contribution in [0.5, 0.6) is 0 Å². The highest BCUT2D eigenvalue weighted by Gasteiger charge is 2.43. The number of aliphatic carboxylic acids is 2. The molecule has 6 heteroatoms. The first-order valence-electron chi connectivity index (χ1n) is 4.73. The number of alkyl halides is 1. The molecule has 1 heterocycles. The van der Waals surface area contributed by atoms with Crippen LogP contribution in [0.25, 0.3) is 0 Å². The number of hydrogen-bond donors (Lipinski definition) is 2. The lowest BCUT2D eigenvalue weighted by Gasteiger charge is -2.20. The first kappa shape index (κ1) is 11.9. The number of carbonyl (C=O) groups is 2. The van der Waals surface area contributed by atoms with Crippen LogP contribution in [0, 0.1) is 11.8 Å². The molecule has 0 bridgehead atoms. The summed E-state index contributed by atoms with van der Waals surface area (Å²) in [6, 6.07) is -0.420. The Hall–Kier alpha value is -1.17. The molecule has 1 saturated heterocycles. The van der Waals surface area contributed by atoms with E-state index < -0.39 is 36.5 Å². The lowest BCUT2D eigenvalue weighted by atomic mass is 9.97. The van der Waals surface area contributed by atoms with E-state index in [1.54, 1.807) is 11.8 Å². The van der Waals surface area contributed by atoms with Gasteiger partial charge in [-0.05, 0) is 6.92 Å². The number of hydrogen-bond acceptors (Lipinski definition) is 3. The zero-order valence-corrected chi connectivity index (χ0v) is 8.39. The van der Waals surface area contributed by atoms with E-state index in [-0.39, 0.29) is 13.1 Å². The van der Waals surface area contributed by atoms with E-state index in [9.17, 15) is 14.0 Å². The fourth-order valence-corrected chi connectivity index (χ4v) is 1.79. The van der Waals surface area contributed by atoms with Gasteiger partial charge in [0.25, 0.3) is 0 Å². The molecule has 0 spiro atoms. The summed E-state index contributed by atoms with van der Waals surface area (Å²) in [5.41, 5.74) is 0. The van der Waals surface area contributed by atoms with Crippen molar-refractivity contribution in [1.29, 1.82) is 0 Å². The molecule has 1 aliphatic heterocycles. The van der Waals surface area contributed by atoms with E-state index in [2.05, 4.69) is 0 Å². The summed E-state index contributed by atoms with van der Waals surface area (Å²) < 4.78 is 12.4. The number of rotatable bonds is 4. The van der Waals surface area contributed by atoms with Crippen LogP contribution in [0.4, 0.5) is 4.39 Å². The van der Waals surface area contributed by atoms with Gasteiger partial charge in [-0.2, -0.15) is 0 Å². The molecule has 0 aliphatic carbocycles. The highest BCUT2D eigenvalue weighted by Crippen LogP contribution is 2.25. The van der Waals surface area contributed by atoms with Crippen LogP contribution in [0.15, 0.2) is 0 Å². The molecule has 1 aliphatic rings. The fraction of sp³-hybridized carbons (Fsp3) is 0.778. The van der Waals surface area contributed by atoms with Gasteiger partial charge >= 0.3 is 11.9 Å². The molecule has 2 N–H and O–H groups in total. The first-order valence-corrected chi connectivity index (χ1v) is 4.73. The zero-order valence-electron chi connectivity index (χ0n) is 8.39. The number of halogens is 1. The SMILES string of the molecule is CC(CF)N1C[C@H](C(=O)O)[C@@H](C(=O)O)C1. The van der Waals surface area contributed by atoms with Crippen molar-refractivity contribution in [3.05, 3.63) is 0 Å². The van der Waals surface area contributed by atoms with Crippen LogP contribution >= 0.6 is 0 Å². The Kier molecular flexibility index (Phi) is 3.62. The number of carboxylic acids is 2. The van der Waals surface area contributed by atoms with Gasteiger partial charge in [-0.1, -0.05) is 0 Å². The molecular weight excluding hydrogens is 205 g/mol. The van der Waals surface area contributed by atoms with Crippen molar-refractivity contribution in [3.63, 3.8) is 0 Å². The molecule has 0 radical (unpaired) electrons. The van der Waals surface area contributed by atoms with Crippen molar-refractivity contribution in [2.24, 2.45) is 11.8 Å². The predicted molar refractivity (Wildman–Crippen MR) is 49.3 cm³/mol. The van der Waals surface area contributed by atoms with Crippen LogP contribution in [0.2, 0.25) is 0 Å². The average Bonchev–Trinajstić information content (AvgIpc) is 2.61. The minimum Gasteiger partial charge on any atom is -0.481 e. The van der Waals surface area contributed by atoms with Gasteiger partial charge in [-0.15, -0.1) is 0 Å². The molecule has 0 aromatic heterocycles. The lowest BCUT2D eigenvalue weighted by Crippen LogP contribution is -2.33. The molecule has 5 nitrogen and oxygen atoms in total. The molecule has 1 fully saturated rings. The molecular formula is C9H14FNO4. The van der Waals surface area contributed by atoms with E-state index in [4.69, 9.17) is 10.2 Å². The average molecular weight is 219 g/mol. The molecule has 3 atom stereocenters. The van der Waals surface area contributed by atoms with Crippen molar-refractivity contribution in [3.8, 4) is 0 Å². The van der Waals surface area contributed by atoms with Crippen molar-refractivity contribution in [2.45, 2.75) is 13.0 Å². The van der Waals surface area contributed by atoms with Crippen molar-refractivity contribution in [1.82, 2.24) is 4.90 Å². The molecule has 0 aromatic carbocycles. The maximum absolute atomic E-state index is 12.4. The summed E-state index contributed by atoms with van der Waals surface area (Å²) in [4.78, 5) is 23.1. The van der Waals surface area contributed by atoms with Gasteiger partial charge in [0.15, 0.2) is 0 Å². The highest BCUT2D eigenvalue weighted by molar-refractivity contribution is 5.81. The van der Waals surface area contributed by atoms with Gasteiger partial charge in [-0.25, -0.2) is 4.39 Å². The maximum atomic E-state index is 12.4. The predicted octanol–water partition coefficient (Wildman–Crippen LogP) is 0.0616. The highest BCUT2D eigenvalue weighted by atomic mass is 19.1. The van der Waals surface area contributed by atoms with Crippen LogP contribution in [-0.2, 0) is 9.59 Å². The second-order valence-electron chi connectivity index (χ2n) is 3.85. The Morgan fingerprint density at radius 1 is 1.33 bits per heavy atom. The second-order valence-corrected chi connectivity index (χ2v) is 3.85. The minimum atomic E-state index is -1.13. The summed E-state index contributed by atoms with van der Waals surface area (Å²) in [6.45, 7) is 1.23. The Morgan fingerprint density at radius 2 is 1.73 bits per heavy atom. The van der Waals surface area contributed by atoms with E-state index >= 15 is 0 Å². The summed E-state index contributed by atoms with van der Waals surface area (Å²) in [5.74, 6) is -4.13. The van der Waals surface area contributed by atoms with Gasteiger partial charge in [0.05, 0.1) is 11.8 Å². The standard InChI is InChI=1S/C9H14FNO4/c1-5(2-10)11-3-6(8(12)13)7(4-11)9(14)15/h5-7H,2-4H2,1H3,(H,12,13)(H,14,15)/t5?,6-,7-/m0/s1. The smallest absolute Gasteiger partial charge is 0.308 e. The van der Waals surface area contributed by atoms with E-state index in [0.29, 0.717) is 0 Å². The summed E-state index contributed by atoms with van der Waals surface area (Å²) in [7, 11) is 0. The lowest BCUT2D eigenvalue weighted by molar-refractivity contribution is -0.151. The van der Waals surface area contributed by atoms with Gasteiger partial charge in [-0.3, -0.25) is 14.5 Å². The van der Waals surface area contributed by atoms with Crippen molar-refractivity contribution < 1.29 is 24.2 Å². The molecule has 86 valence electrons. The van der Waals surface area contributed by atoms with E-state index in [0.717, 1.165) is 0 Å². The minimum absolute atomic E-state index is 0.109. The zero-order chi connectivity index (χ0) is 11.6. The largest absolute Gasteiger partial charge is 0.481 e. The Morgan fingerprint density at radius 3 is 2.00 bits per heavy atom.